The van der Waals surface area contributed by atoms with Crippen LogP contribution in [-0.4, -0.2) is 28.9 Å². The predicted molar refractivity (Wildman–Crippen MR) is 73.6 cm³/mol. The molecule has 1 saturated heterocycles. The number of pyridine rings is 1. The summed E-state index contributed by atoms with van der Waals surface area (Å²) in [4.78, 5) is 18.3. The Labute approximate surface area is 114 Å². The zero-order chi connectivity index (χ0) is 12.4. The largest absolute Gasteiger partial charge is 0.338 e. The summed E-state index contributed by atoms with van der Waals surface area (Å²) in [7, 11) is 0. The topological polar surface area (TPSA) is 59.2 Å². The molecule has 1 fully saturated rings. The van der Waals surface area contributed by atoms with Crippen molar-refractivity contribution < 1.29 is 4.79 Å². The van der Waals surface area contributed by atoms with E-state index in [1.807, 2.05) is 4.90 Å². The molecule has 2 N–H and O–H groups in total. The number of carbonyl (C=O) groups is 1. The van der Waals surface area contributed by atoms with Crippen LogP contribution in [-0.2, 0) is 6.54 Å². The molecular formula is C13H20ClN3O. The van der Waals surface area contributed by atoms with Crippen LogP contribution >= 0.6 is 12.4 Å². The Balaban J connectivity index is 0.00000162. The molecule has 1 aromatic rings. The number of aromatic nitrogens is 1. The number of hydrogen-bond acceptors (Lipinski definition) is 3. The first-order valence-electron chi connectivity index (χ1n) is 6.06. The third-order valence-corrected chi connectivity index (χ3v) is 3.55. The van der Waals surface area contributed by atoms with E-state index < -0.39 is 0 Å². The van der Waals surface area contributed by atoms with Gasteiger partial charge in [0.05, 0.1) is 5.69 Å². The number of halogens is 1. The first-order chi connectivity index (χ1) is 8.11. The van der Waals surface area contributed by atoms with Crippen molar-refractivity contribution in [3.8, 4) is 0 Å². The molecule has 1 aromatic heterocycles. The van der Waals surface area contributed by atoms with E-state index in [0.717, 1.165) is 18.8 Å². The van der Waals surface area contributed by atoms with Gasteiger partial charge in [0.1, 0.15) is 0 Å². The minimum Gasteiger partial charge on any atom is -0.338 e. The molecule has 0 aromatic carbocycles. The summed E-state index contributed by atoms with van der Waals surface area (Å²) < 4.78 is 0. The molecule has 5 heteroatoms. The van der Waals surface area contributed by atoms with Crippen LogP contribution in [0.2, 0.25) is 0 Å². The minimum atomic E-state index is 0. The summed E-state index contributed by atoms with van der Waals surface area (Å²) >= 11 is 0. The van der Waals surface area contributed by atoms with Gasteiger partial charge in [-0.15, -0.1) is 12.4 Å². The van der Waals surface area contributed by atoms with Crippen molar-refractivity contribution in [2.75, 3.05) is 13.1 Å². The lowest BCUT2D eigenvalue weighted by Gasteiger charge is -2.16. The van der Waals surface area contributed by atoms with Gasteiger partial charge < -0.3 is 10.6 Å². The van der Waals surface area contributed by atoms with E-state index in [-0.39, 0.29) is 18.3 Å². The van der Waals surface area contributed by atoms with E-state index in [4.69, 9.17) is 5.73 Å². The molecule has 2 heterocycles. The van der Waals surface area contributed by atoms with Crippen molar-refractivity contribution in [2.45, 2.75) is 20.4 Å². The molecule has 1 amide bonds. The Kier molecular flexibility index (Phi) is 5.11. The summed E-state index contributed by atoms with van der Waals surface area (Å²) in [6.45, 7) is 6.44. The lowest BCUT2D eigenvalue weighted by molar-refractivity contribution is 0.0784. The zero-order valence-electron chi connectivity index (χ0n) is 10.8. The first kappa shape index (κ1) is 14.9. The molecule has 0 bridgehead atoms. The monoisotopic (exact) mass is 269 g/mol. The molecule has 0 radical (unpaired) electrons. The molecule has 0 saturated carbocycles. The van der Waals surface area contributed by atoms with Crippen molar-refractivity contribution in [3.63, 3.8) is 0 Å². The van der Waals surface area contributed by atoms with Crippen LogP contribution in [0.4, 0.5) is 0 Å². The Morgan fingerprint density at radius 1 is 1.44 bits per heavy atom. The van der Waals surface area contributed by atoms with Gasteiger partial charge in [-0.1, -0.05) is 13.8 Å². The van der Waals surface area contributed by atoms with Crippen LogP contribution in [0.1, 0.15) is 29.9 Å². The Hall–Kier alpha value is -1.13. The van der Waals surface area contributed by atoms with Crippen LogP contribution in [0.25, 0.3) is 0 Å². The predicted octanol–water partition coefficient (Wildman–Crippen LogP) is 1.69. The van der Waals surface area contributed by atoms with Gasteiger partial charge >= 0.3 is 0 Å². The van der Waals surface area contributed by atoms with Crippen molar-refractivity contribution >= 4 is 18.3 Å². The molecule has 100 valence electrons. The summed E-state index contributed by atoms with van der Waals surface area (Å²) in [6.07, 6.45) is 1.65. The number of nitrogens with two attached hydrogens (primary N) is 1. The Morgan fingerprint density at radius 2 is 2.06 bits per heavy atom. The smallest absolute Gasteiger partial charge is 0.253 e. The van der Waals surface area contributed by atoms with Gasteiger partial charge in [0.2, 0.25) is 0 Å². The number of likely N-dealkylation sites (tertiary alicyclic amines) is 1. The highest BCUT2D eigenvalue weighted by Crippen LogP contribution is 2.23. The zero-order valence-corrected chi connectivity index (χ0v) is 11.6. The van der Waals surface area contributed by atoms with E-state index in [0.29, 0.717) is 23.9 Å². The van der Waals surface area contributed by atoms with Gasteiger partial charge in [0, 0.05) is 31.4 Å². The average molecular weight is 270 g/mol. The average Bonchev–Trinajstić information content (AvgIpc) is 2.69. The first-order valence-corrected chi connectivity index (χ1v) is 6.06. The minimum absolute atomic E-state index is 0. The normalized spacial score (nSPS) is 22.7. The van der Waals surface area contributed by atoms with Crippen molar-refractivity contribution in [1.82, 2.24) is 9.88 Å². The maximum Gasteiger partial charge on any atom is 0.253 e. The van der Waals surface area contributed by atoms with E-state index >= 15 is 0 Å². The highest BCUT2D eigenvalue weighted by Gasteiger charge is 2.29. The standard InChI is InChI=1S/C13H19N3O.ClH/c1-9-7-16(8-10(9)2)13(17)11-3-4-15-12(5-11)6-14;/h3-5,9-10H,6-8,14H2,1-2H3;1H. The molecule has 0 aliphatic carbocycles. The number of hydrogen-bond donors (Lipinski definition) is 1. The summed E-state index contributed by atoms with van der Waals surface area (Å²) in [6, 6.07) is 3.55. The highest BCUT2D eigenvalue weighted by atomic mass is 35.5. The quantitative estimate of drug-likeness (QED) is 0.889. The van der Waals surface area contributed by atoms with E-state index in [9.17, 15) is 4.79 Å². The second-order valence-corrected chi connectivity index (χ2v) is 4.90. The molecular weight excluding hydrogens is 250 g/mol. The maximum absolute atomic E-state index is 12.3. The van der Waals surface area contributed by atoms with Gasteiger partial charge in [0.25, 0.3) is 5.91 Å². The number of amides is 1. The van der Waals surface area contributed by atoms with Crippen molar-refractivity contribution in [2.24, 2.45) is 17.6 Å². The second kappa shape index (κ2) is 6.16. The lowest BCUT2D eigenvalue weighted by Crippen LogP contribution is -2.29. The molecule has 2 atom stereocenters. The van der Waals surface area contributed by atoms with Crippen molar-refractivity contribution in [3.05, 3.63) is 29.6 Å². The van der Waals surface area contributed by atoms with Gasteiger partial charge in [-0.05, 0) is 24.0 Å². The van der Waals surface area contributed by atoms with E-state index in [1.165, 1.54) is 0 Å². The summed E-state index contributed by atoms with van der Waals surface area (Å²) in [5.74, 6) is 1.25. The van der Waals surface area contributed by atoms with Gasteiger partial charge in [-0.3, -0.25) is 9.78 Å². The molecule has 2 rings (SSSR count). The molecule has 0 spiro atoms. The van der Waals surface area contributed by atoms with Gasteiger partial charge in [-0.2, -0.15) is 0 Å². The van der Waals surface area contributed by atoms with Crippen LogP contribution < -0.4 is 5.73 Å². The van der Waals surface area contributed by atoms with Crippen LogP contribution in [0.5, 0.6) is 0 Å². The Bertz CT molecular complexity index is 414. The molecule has 1 aliphatic rings. The summed E-state index contributed by atoms with van der Waals surface area (Å²) in [5.41, 5.74) is 6.99. The lowest BCUT2D eigenvalue weighted by atomic mass is 10.0. The fraction of sp³-hybridized carbons (Fsp3) is 0.538. The molecule has 4 nitrogen and oxygen atoms in total. The summed E-state index contributed by atoms with van der Waals surface area (Å²) in [5, 5.41) is 0. The SMILES string of the molecule is CC1CN(C(=O)c2ccnc(CN)c2)CC1C.Cl. The molecule has 1 aliphatic heterocycles. The number of rotatable bonds is 2. The third-order valence-electron chi connectivity index (χ3n) is 3.55. The van der Waals surface area contributed by atoms with Crippen molar-refractivity contribution in [1.29, 1.82) is 0 Å². The fourth-order valence-corrected chi connectivity index (χ4v) is 2.20. The highest BCUT2D eigenvalue weighted by molar-refractivity contribution is 5.94. The van der Waals surface area contributed by atoms with Crippen LogP contribution in [0.3, 0.4) is 0 Å². The van der Waals surface area contributed by atoms with Gasteiger partial charge in [0.15, 0.2) is 0 Å². The van der Waals surface area contributed by atoms with E-state index in [2.05, 4.69) is 18.8 Å². The van der Waals surface area contributed by atoms with Crippen LogP contribution in [0, 0.1) is 11.8 Å². The van der Waals surface area contributed by atoms with Crippen LogP contribution in [0.15, 0.2) is 18.3 Å². The number of carbonyl (C=O) groups excluding carboxylic acids is 1. The Morgan fingerprint density at radius 3 is 2.61 bits per heavy atom. The maximum atomic E-state index is 12.3. The molecule has 18 heavy (non-hydrogen) atoms. The molecule has 2 unspecified atom stereocenters. The second-order valence-electron chi connectivity index (χ2n) is 4.90. The fourth-order valence-electron chi connectivity index (χ4n) is 2.20. The van der Waals surface area contributed by atoms with E-state index in [1.54, 1.807) is 18.3 Å². The third kappa shape index (κ3) is 3.00. The number of nitrogens with zero attached hydrogens (tertiary/aromatic N) is 2. The van der Waals surface area contributed by atoms with Gasteiger partial charge in [-0.25, -0.2) is 0 Å².